The van der Waals surface area contributed by atoms with Gasteiger partial charge in [-0.1, -0.05) is 18.2 Å². The van der Waals surface area contributed by atoms with Gasteiger partial charge < -0.3 is 5.11 Å². The van der Waals surface area contributed by atoms with Crippen LogP contribution < -0.4 is 0 Å². The molecule has 15 heavy (non-hydrogen) atoms. The molecule has 0 saturated carbocycles. The van der Waals surface area contributed by atoms with E-state index in [0.717, 1.165) is 11.3 Å². The Balaban J connectivity index is 2.15. The molecule has 0 fully saturated rings. The number of hydrogen-bond acceptors (Lipinski definition) is 3. The number of hydrogen-bond donors (Lipinski definition) is 1. The smallest absolute Gasteiger partial charge is 0.115 e. The molecule has 2 aromatic rings. The fourth-order valence-electron chi connectivity index (χ4n) is 1.16. The van der Waals surface area contributed by atoms with E-state index in [0.29, 0.717) is 0 Å². The van der Waals surface area contributed by atoms with Crippen LogP contribution in [0.3, 0.4) is 0 Å². The van der Waals surface area contributed by atoms with Gasteiger partial charge in [-0.25, -0.2) is 0 Å². The van der Waals surface area contributed by atoms with Crippen LogP contribution in [0.15, 0.2) is 42.9 Å². The summed E-state index contributed by atoms with van der Waals surface area (Å²) in [4.78, 5) is 8.07. The molecule has 0 aliphatic heterocycles. The van der Waals surface area contributed by atoms with Gasteiger partial charge in [-0.05, 0) is 23.8 Å². The minimum Gasteiger partial charge on any atom is -0.508 e. The molecule has 74 valence electrons. The lowest BCUT2D eigenvalue weighted by Gasteiger charge is -1.94. The molecule has 3 heteroatoms. The second-order valence-corrected chi connectivity index (χ2v) is 3.06. The van der Waals surface area contributed by atoms with Crippen LogP contribution in [0.4, 0.5) is 0 Å². The van der Waals surface area contributed by atoms with E-state index in [4.69, 9.17) is 5.11 Å². The predicted octanol–water partition coefficient (Wildman–Crippen LogP) is 2.35. The van der Waals surface area contributed by atoms with Crippen LogP contribution in [-0.4, -0.2) is 15.1 Å². The molecule has 0 aliphatic rings. The van der Waals surface area contributed by atoms with E-state index in [-0.39, 0.29) is 5.75 Å². The lowest BCUT2D eigenvalue weighted by molar-refractivity contribution is 0.475. The van der Waals surface area contributed by atoms with Gasteiger partial charge in [-0.2, -0.15) is 0 Å². The largest absolute Gasteiger partial charge is 0.508 e. The molecule has 0 bridgehead atoms. The number of aromatic nitrogens is 2. The Morgan fingerprint density at radius 1 is 1.00 bits per heavy atom. The van der Waals surface area contributed by atoms with Crippen molar-refractivity contribution in [2.45, 2.75) is 0 Å². The van der Waals surface area contributed by atoms with E-state index in [1.165, 1.54) is 0 Å². The van der Waals surface area contributed by atoms with E-state index in [2.05, 4.69) is 9.97 Å². The summed E-state index contributed by atoms with van der Waals surface area (Å²) in [6, 6.07) is 6.97. The van der Waals surface area contributed by atoms with Crippen LogP contribution in [0.25, 0.3) is 12.2 Å². The second kappa shape index (κ2) is 4.37. The first-order valence-electron chi connectivity index (χ1n) is 4.58. The highest BCUT2D eigenvalue weighted by atomic mass is 16.3. The number of aromatic hydroxyl groups is 1. The minimum absolute atomic E-state index is 0.270. The number of benzene rings is 1. The fourth-order valence-corrected chi connectivity index (χ4v) is 1.16. The fraction of sp³-hybridized carbons (Fsp3) is 0. The minimum atomic E-state index is 0.270. The molecule has 0 aliphatic carbocycles. The Morgan fingerprint density at radius 3 is 2.47 bits per heavy atom. The summed E-state index contributed by atoms with van der Waals surface area (Å²) in [6.07, 6.45) is 8.77. The van der Waals surface area contributed by atoms with Gasteiger partial charge in [0, 0.05) is 12.4 Å². The highest BCUT2D eigenvalue weighted by Gasteiger charge is 1.89. The van der Waals surface area contributed by atoms with Gasteiger partial charge in [0.25, 0.3) is 0 Å². The van der Waals surface area contributed by atoms with Gasteiger partial charge >= 0.3 is 0 Å². The Bertz CT molecular complexity index is 449. The standard InChI is InChI=1S/C12H10N2O/c15-12-5-2-10(3-6-12)1-4-11-9-13-7-8-14-11/h1-9,15H/b4-1+. The highest BCUT2D eigenvalue weighted by molar-refractivity contribution is 5.67. The first kappa shape index (κ1) is 9.40. The molecular formula is C12H10N2O. The summed E-state index contributed by atoms with van der Waals surface area (Å²) in [5.74, 6) is 0.270. The third-order valence-electron chi connectivity index (χ3n) is 1.92. The van der Waals surface area contributed by atoms with Gasteiger partial charge in [0.1, 0.15) is 5.75 Å². The Kier molecular flexibility index (Phi) is 2.74. The van der Waals surface area contributed by atoms with Crippen molar-refractivity contribution < 1.29 is 5.11 Å². The van der Waals surface area contributed by atoms with Gasteiger partial charge in [-0.3, -0.25) is 9.97 Å². The summed E-state index contributed by atoms with van der Waals surface area (Å²) < 4.78 is 0. The Hall–Kier alpha value is -2.16. The van der Waals surface area contributed by atoms with Crippen molar-refractivity contribution in [3.05, 3.63) is 54.1 Å². The van der Waals surface area contributed by atoms with E-state index >= 15 is 0 Å². The van der Waals surface area contributed by atoms with Gasteiger partial charge in [0.05, 0.1) is 11.9 Å². The molecule has 0 radical (unpaired) electrons. The normalized spacial score (nSPS) is 10.7. The van der Waals surface area contributed by atoms with Gasteiger partial charge in [-0.15, -0.1) is 0 Å². The van der Waals surface area contributed by atoms with Crippen molar-refractivity contribution in [1.29, 1.82) is 0 Å². The molecule has 1 aromatic heterocycles. The topological polar surface area (TPSA) is 46.0 Å². The van der Waals surface area contributed by atoms with E-state index in [9.17, 15) is 0 Å². The average molecular weight is 198 g/mol. The van der Waals surface area contributed by atoms with Crippen LogP contribution in [0, 0.1) is 0 Å². The Labute approximate surface area is 87.8 Å². The molecule has 0 atom stereocenters. The van der Waals surface area contributed by atoms with E-state index < -0.39 is 0 Å². The van der Waals surface area contributed by atoms with E-state index in [1.807, 2.05) is 24.3 Å². The van der Waals surface area contributed by atoms with Crippen molar-refractivity contribution >= 4 is 12.2 Å². The summed E-state index contributed by atoms with van der Waals surface area (Å²) >= 11 is 0. The molecule has 1 N–H and O–H groups in total. The number of rotatable bonds is 2. The molecule has 3 nitrogen and oxygen atoms in total. The van der Waals surface area contributed by atoms with Gasteiger partial charge in [0.2, 0.25) is 0 Å². The first-order chi connectivity index (χ1) is 7.34. The zero-order valence-corrected chi connectivity index (χ0v) is 8.04. The zero-order chi connectivity index (χ0) is 10.5. The van der Waals surface area contributed by atoms with Crippen molar-refractivity contribution in [2.75, 3.05) is 0 Å². The molecule has 0 unspecified atom stereocenters. The first-order valence-corrected chi connectivity index (χ1v) is 4.58. The molecule has 0 spiro atoms. The second-order valence-electron chi connectivity index (χ2n) is 3.06. The van der Waals surface area contributed by atoms with Crippen molar-refractivity contribution in [3.63, 3.8) is 0 Å². The van der Waals surface area contributed by atoms with Crippen molar-refractivity contribution in [1.82, 2.24) is 9.97 Å². The van der Waals surface area contributed by atoms with Crippen LogP contribution in [-0.2, 0) is 0 Å². The van der Waals surface area contributed by atoms with Crippen LogP contribution in [0.2, 0.25) is 0 Å². The molecule has 0 saturated heterocycles. The van der Waals surface area contributed by atoms with Crippen LogP contribution in [0.1, 0.15) is 11.3 Å². The SMILES string of the molecule is Oc1ccc(/C=C/c2cnccn2)cc1. The monoisotopic (exact) mass is 198 g/mol. The highest BCUT2D eigenvalue weighted by Crippen LogP contribution is 2.11. The number of nitrogens with zero attached hydrogens (tertiary/aromatic N) is 2. The quantitative estimate of drug-likeness (QED) is 0.805. The molecule has 1 aromatic carbocycles. The van der Waals surface area contributed by atoms with Crippen LogP contribution >= 0.6 is 0 Å². The zero-order valence-electron chi connectivity index (χ0n) is 8.04. The summed E-state index contributed by atoms with van der Waals surface area (Å²) in [6.45, 7) is 0. The molecule has 1 heterocycles. The lowest BCUT2D eigenvalue weighted by Crippen LogP contribution is -1.80. The number of phenols is 1. The van der Waals surface area contributed by atoms with Crippen molar-refractivity contribution in [3.8, 4) is 5.75 Å². The van der Waals surface area contributed by atoms with Crippen LogP contribution in [0.5, 0.6) is 5.75 Å². The maximum Gasteiger partial charge on any atom is 0.115 e. The summed E-state index contributed by atoms with van der Waals surface area (Å²) in [5, 5.41) is 9.10. The number of phenolic OH excluding ortho intramolecular Hbond substituents is 1. The Morgan fingerprint density at radius 2 is 1.80 bits per heavy atom. The third-order valence-corrected chi connectivity index (χ3v) is 1.92. The lowest BCUT2D eigenvalue weighted by atomic mass is 10.2. The third kappa shape index (κ3) is 2.64. The van der Waals surface area contributed by atoms with E-state index in [1.54, 1.807) is 30.7 Å². The summed E-state index contributed by atoms with van der Waals surface area (Å²) in [5.41, 5.74) is 1.82. The molecule has 2 rings (SSSR count). The average Bonchev–Trinajstić information content (AvgIpc) is 2.30. The van der Waals surface area contributed by atoms with Crippen molar-refractivity contribution in [2.24, 2.45) is 0 Å². The molecular weight excluding hydrogens is 188 g/mol. The summed E-state index contributed by atoms with van der Waals surface area (Å²) in [7, 11) is 0. The molecule has 0 amide bonds. The maximum atomic E-state index is 9.10. The predicted molar refractivity (Wildman–Crippen MR) is 59.1 cm³/mol. The van der Waals surface area contributed by atoms with Gasteiger partial charge in [0.15, 0.2) is 0 Å². The maximum absolute atomic E-state index is 9.10.